The number of fused-ring (bicyclic) bond motifs is 2. The smallest absolute Gasteiger partial charge is 0.260 e. The summed E-state index contributed by atoms with van der Waals surface area (Å²) >= 11 is 0. The summed E-state index contributed by atoms with van der Waals surface area (Å²) in [7, 11) is 0. The maximum absolute atomic E-state index is 14.4. The Labute approximate surface area is 167 Å². The highest BCUT2D eigenvalue weighted by molar-refractivity contribution is 5.80. The monoisotopic (exact) mass is 391 g/mol. The maximum atomic E-state index is 14.4. The van der Waals surface area contributed by atoms with Crippen LogP contribution in [0.3, 0.4) is 0 Å². The molecule has 0 saturated carbocycles. The molecule has 0 amide bonds. The standard InChI is InChI=1S/C22H22FN5O/c1-13-9-16(5-7-24-13)28-8-6-20-17(22(28)29)3-4-19(26-20)15-10-18(23)21-25-14(2)11-27(21)12-15/h3-4,6,8,10-13,16,24H,5,7,9H2,1-2H3. The number of aryl methyl sites for hydroxylation is 1. The van der Waals surface area contributed by atoms with Crippen LogP contribution in [0.4, 0.5) is 4.39 Å². The number of pyridine rings is 3. The van der Waals surface area contributed by atoms with Gasteiger partial charge < -0.3 is 14.3 Å². The van der Waals surface area contributed by atoms with E-state index in [1.165, 1.54) is 6.07 Å². The van der Waals surface area contributed by atoms with E-state index in [0.29, 0.717) is 33.8 Å². The molecule has 5 rings (SSSR count). The summed E-state index contributed by atoms with van der Waals surface area (Å²) in [6.07, 6.45) is 7.30. The van der Waals surface area contributed by atoms with Crippen LogP contribution in [0, 0.1) is 12.7 Å². The Morgan fingerprint density at radius 3 is 2.90 bits per heavy atom. The molecular weight excluding hydrogens is 369 g/mol. The minimum absolute atomic E-state index is 0.0208. The molecule has 4 aromatic heterocycles. The molecule has 7 heteroatoms. The molecule has 1 aliphatic heterocycles. The number of aromatic nitrogens is 4. The Morgan fingerprint density at radius 1 is 1.21 bits per heavy atom. The number of imidazole rings is 1. The lowest BCUT2D eigenvalue weighted by Crippen LogP contribution is -2.39. The number of nitrogens with zero attached hydrogens (tertiary/aromatic N) is 4. The van der Waals surface area contributed by atoms with E-state index in [1.807, 2.05) is 30.0 Å². The summed E-state index contributed by atoms with van der Waals surface area (Å²) in [6.45, 7) is 4.88. The fourth-order valence-corrected chi connectivity index (χ4v) is 4.27. The highest BCUT2D eigenvalue weighted by Crippen LogP contribution is 2.24. The molecule has 5 heterocycles. The molecule has 1 aliphatic rings. The zero-order valence-corrected chi connectivity index (χ0v) is 16.4. The molecule has 0 aromatic carbocycles. The molecule has 4 aromatic rings. The Balaban J connectivity index is 1.58. The largest absolute Gasteiger partial charge is 0.314 e. The first-order chi connectivity index (χ1) is 14.0. The second-order valence-electron chi connectivity index (χ2n) is 7.88. The molecule has 2 atom stereocenters. The predicted octanol–water partition coefficient (Wildman–Crippen LogP) is 3.47. The van der Waals surface area contributed by atoms with E-state index in [9.17, 15) is 9.18 Å². The molecule has 148 valence electrons. The van der Waals surface area contributed by atoms with Crippen molar-refractivity contribution in [1.29, 1.82) is 0 Å². The maximum Gasteiger partial charge on any atom is 0.260 e. The average Bonchev–Trinajstić information content (AvgIpc) is 3.09. The third kappa shape index (κ3) is 3.11. The third-order valence-corrected chi connectivity index (χ3v) is 5.69. The molecule has 0 bridgehead atoms. The van der Waals surface area contributed by atoms with Gasteiger partial charge in [0.2, 0.25) is 0 Å². The van der Waals surface area contributed by atoms with Crippen molar-refractivity contribution in [2.75, 3.05) is 6.54 Å². The molecule has 1 N–H and O–H groups in total. The summed E-state index contributed by atoms with van der Waals surface area (Å²) in [6, 6.07) is 7.49. The fourth-order valence-electron chi connectivity index (χ4n) is 4.27. The minimum atomic E-state index is -0.395. The first kappa shape index (κ1) is 18.0. The first-order valence-electron chi connectivity index (χ1n) is 9.90. The van der Waals surface area contributed by atoms with Crippen molar-refractivity contribution in [3.05, 3.63) is 64.7 Å². The van der Waals surface area contributed by atoms with E-state index >= 15 is 0 Å². The van der Waals surface area contributed by atoms with Gasteiger partial charge in [-0.2, -0.15) is 0 Å². The van der Waals surface area contributed by atoms with Gasteiger partial charge in [-0.1, -0.05) is 0 Å². The van der Waals surface area contributed by atoms with E-state index < -0.39 is 5.82 Å². The van der Waals surface area contributed by atoms with Crippen molar-refractivity contribution >= 4 is 16.6 Å². The van der Waals surface area contributed by atoms with Crippen molar-refractivity contribution in [3.8, 4) is 11.3 Å². The van der Waals surface area contributed by atoms with E-state index in [0.717, 1.165) is 25.1 Å². The van der Waals surface area contributed by atoms with Crippen LogP contribution < -0.4 is 10.9 Å². The summed E-state index contributed by atoms with van der Waals surface area (Å²) in [5.74, 6) is -0.395. The quantitative estimate of drug-likeness (QED) is 0.568. The van der Waals surface area contributed by atoms with Crippen LogP contribution in [-0.2, 0) is 0 Å². The number of hydrogen-bond donors (Lipinski definition) is 1. The third-order valence-electron chi connectivity index (χ3n) is 5.69. The van der Waals surface area contributed by atoms with Crippen molar-refractivity contribution in [2.45, 2.75) is 38.8 Å². The van der Waals surface area contributed by atoms with Gasteiger partial charge in [-0.25, -0.2) is 14.4 Å². The fraction of sp³-hybridized carbons (Fsp3) is 0.318. The number of halogens is 1. The van der Waals surface area contributed by atoms with Crippen LogP contribution in [0.25, 0.3) is 27.8 Å². The van der Waals surface area contributed by atoms with Crippen LogP contribution in [0.15, 0.2) is 47.7 Å². The van der Waals surface area contributed by atoms with Gasteiger partial charge in [0.15, 0.2) is 11.5 Å². The Hall–Kier alpha value is -3.06. The molecule has 1 saturated heterocycles. The van der Waals surface area contributed by atoms with Crippen molar-refractivity contribution in [1.82, 2.24) is 24.3 Å². The number of nitrogens with one attached hydrogen (secondary N) is 1. The summed E-state index contributed by atoms with van der Waals surface area (Å²) in [4.78, 5) is 21.9. The van der Waals surface area contributed by atoms with Gasteiger partial charge >= 0.3 is 0 Å². The number of hydrogen-bond acceptors (Lipinski definition) is 4. The molecule has 0 spiro atoms. The molecule has 29 heavy (non-hydrogen) atoms. The molecular formula is C22H22FN5O. The van der Waals surface area contributed by atoms with Gasteiger partial charge in [0.05, 0.1) is 22.3 Å². The SMILES string of the molecule is Cc1cn2cc(-c3ccc4c(=O)n(C5CCNC(C)C5)ccc4n3)cc(F)c2n1. The van der Waals surface area contributed by atoms with Crippen LogP contribution in [0.1, 0.15) is 31.5 Å². The van der Waals surface area contributed by atoms with Gasteiger partial charge in [-0.15, -0.1) is 0 Å². The molecule has 0 aliphatic carbocycles. The van der Waals surface area contributed by atoms with Gasteiger partial charge in [-0.05, 0) is 57.5 Å². The van der Waals surface area contributed by atoms with Gasteiger partial charge in [-0.3, -0.25) is 4.79 Å². The van der Waals surface area contributed by atoms with E-state index in [4.69, 9.17) is 0 Å². The van der Waals surface area contributed by atoms with Gasteiger partial charge in [0, 0.05) is 36.2 Å². The predicted molar refractivity (Wildman–Crippen MR) is 111 cm³/mol. The molecule has 6 nitrogen and oxygen atoms in total. The lowest BCUT2D eigenvalue weighted by atomic mass is 10.00. The van der Waals surface area contributed by atoms with Crippen LogP contribution >= 0.6 is 0 Å². The summed E-state index contributed by atoms with van der Waals surface area (Å²) < 4.78 is 17.9. The normalized spacial score (nSPS) is 19.8. The first-order valence-corrected chi connectivity index (χ1v) is 9.90. The second-order valence-corrected chi connectivity index (χ2v) is 7.88. The summed E-state index contributed by atoms with van der Waals surface area (Å²) in [5.41, 5.74) is 2.91. The van der Waals surface area contributed by atoms with E-state index in [-0.39, 0.29) is 11.6 Å². The van der Waals surface area contributed by atoms with Crippen LogP contribution in [0.5, 0.6) is 0 Å². The lowest BCUT2D eigenvalue weighted by molar-refractivity contribution is 0.309. The zero-order valence-electron chi connectivity index (χ0n) is 16.4. The van der Waals surface area contributed by atoms with E-state index in [2.05, 4.69) is 22.2 Å². The highest BCUT2D eigenvalue weighted by Gasteiger charge is 2.21. The van der Waals surface area contributed by atoms with Crippen LogP contribution in [-0.4, -0.2) is 31.5 Å². The highest BCUT2D eigenvalue weighted by atomic mass is 19.1. The second kappa shape index (κ2) is 6.77. The van der Waals surface area contributed by atoms with Crippen molar-refractivity contribution in [3.63, 3.8) is 0 Å². The van der Waals surface area contributed by atoms with Crippen molar-refractivity contribution < 1.29 is 4.39 Å². The number of rotatable bonds is 2. The van der Waals surface area contributed by atoms with Crippen LogP contribution in [0.2, 0.25) is 0 Å². The Morgan fingerprint density at radius 2 is 2.07 bits per heavy atom. The molecule has 2 unspecified atom stereocenters. The Kier molecular flexibility index (Phi) is 4.20. The number of piperidine rings is 1. The van der Waals surface area contributed by atoms with Gasteiger partial charge in [0.1, 0.15) is 0 Å². The van der Waals surface area contributed by atoms with Crippen molar-refractivity contribution in [2.24, 2.45) is 0 Å². The van der Waals surface area contributed by atoms with Gasteiger partial charge in [0.25, 0.3) is 5.56 Å². The zero-order chi connectivity index (χ0) is 20.1. The minimum Gasteiger partial charge on any atom is -0.314 e. The average molecular weight is 391 g/mol. The molecule has 0 radical (unpaired) electrons. The lowest BCUT2D eigenvalue weighted by Gasteiger charge is -2.29. The topological polar surface area (TPSA) is 64.2 Å². The summed E-state index contributed by atoms with van der Waals surface area (Å²) in [5, 5.41) is 4.00. The Bertz CT molecular complexity index is 1290. The molecule has 1 fully saturated rings. The van der Waals surface area contributed by atoms with E-state index in [1.54, 1.807) is 22.7 Å².